The van der Waals surface area contributed by atoms with E-state index in [1.54, 1.807) is 0 Å². The fourth-order valence-electron chi connectivity index (χ4n) is 3.76. The van der Waals surface area contributed by atoms with E-state index in [0.717, 1.165) is 77.0 Å². The topological polar surface area (TPSA) is 161 Å². The average Bonchev–Trinajstić information content (AvgIpc) is 2.91. The van der Waals surface area contributed by atoms with E-state index in [-0.39, 0.29) is 67.1 Å². The van der Waals surface area contributed by atoms with Crippen LogP contribution in [0.4, 0.5) is 0 Å². The number of carboxylic acid groups (broad SMARTS) is 4. The standard InChI is InChI=1S/4C8H16O2.2Ti/c4*1-3-5-6-7(4-2)8(9)10;;/h4*7H,3-6H2,1-2H3,(H,9,10);;/q;;;;2*+2/p-4. The fourth-order valence-corrected chi connectivity index (χ4v) is 3.76. The third kappa shape index (κ3) is 37.3. The van der Waals surface area contributed by atoms with Crippen molar-refractivity contribution < 1.29 is 83.0 Å². The first kappa shape index (κ1) is 53.8. The molecule has 244 valence electrons. The van der Waals surface area contributed by atoms with Gasteiger partial charge in [0.25, 0.3) is 0 Å². The number of carbonyl (C=O) groups excluding carboxylic acids is 4. The van der Waals surface area contributed by atoms with Gasteiger partial charge in [0.05, 0.1) is 0 Å². The van der Waals surface area contributed by atoms with Crippen molar-refractivity contribution in [3.8, 4) is 0 Å². The van der Waals surface area contributed by atoms with Crippen molar-refractivity contribution in [1.29, 1.82) is 0 Å². The van der Waals surface area contributed by atoms with E-state index in [9.17, 15) is 39.6 Å². The Labute approximate surface area is 287 Å². The zero-order valence-electron chi connectivity index (χ0n) is 27.9. The minimum absolute atomic E-state index is 0. The van der Waals surface area contributed by atoms with Gasteiger partial charge in [0.1, 0.15) is 0 Å². The van der Waals surface area contributed by atoms with Crippen LogP contribution in [-0.2, 0) is 62.6 Å². The summed E-state index contributed by atoms with van der Waals surface area (Å²) in [5.41, 5.74) is 0. The first-order valence-corrected chi connectivity index (χ1v) is 15.7. The van der Waals surface area contributed by atoms with E-state index in [1.807, 2.05) is 27.7 Å². The Morgan fingerprint density at radius 3 is 0.595 bits per heavy atom. The Morgan fingerprint density at radius 2 is 0.524 bits per heavy atom. The largest absolute Gasteiger partial charge is 2.00 e. The van der Waals surface area contributed by atoms with Gasteiger partial charge >= 0.3 is 43.4 Å². The smallest absolute Gasteiger partial charge is 0.550 e. The molecule has 0 bridgehead atoms. The Hall–Kier alpha value is -0.691. The second-order valence-corrected chi connectivity index (χ2v) is 10.3. The maximum atomic E-state index is 10.3. The molecule has 0 aromatic carbocycles. The van der Waals surface area contributed by atoms with Crippen LogP contribution in [-0.4, -0.2) is 23.9 Å². The Morgan fingerprint density at radius 1 is 0.381 bits per heavy atom. The summed E-state index contributed by atoms with van der Waals surface area (Å²) >= 11 is 0. The minimum Gasteiger partial charge on any atom is -0.550 e. The van der Waals surface area contributed by atoms with Gasteiger partial charge < -0.3 is 39.6 Å². The maximum absolute atomic E-state index is 10.3. The normalized spacial score (nSPS) is 12.4. The zero-order valence-corrected chi connectivity index (χ0v) is 31.0. The molecule has 4 unspecified atom stereocenters. The number of hydrogen-bond donors (Lipinski definition) is 0. The van der Waals surface area contributed by atoms with Crippen molar-refractivity contribution in [3.63, 3.8) is 0 Å². The number of aliphatic carboxylic acids is 4. The predicted octanol–water partition coefficient (Wildman–Crippen LogP) is 3.81. The van der Waals surface area contributed by atoms with Crippen LogP contribution < -0.4 is 20.4 Å². The van der Waals surface area contributed by atoms with Crippen molar-refractivity contribution in [1.82, 2.24) is 0 Å². The molecule has 0 aromatic heterocycles. The molecular formula is C32H60O8Ti2. The molecule has 42 heavy (non-hydrogen) atoms. The van der Waals surface area contributed by atoms with Crippen LogP contribution in [0.3, 0.4) is 0 Å². The summed E-state index contributed by atoms with van der Waals surface area (Å²) in [6.45, 7) is 15.8. The Bertz CT molecular complexity index is 513. The van der Waals surface area contributed by atoms with Gasteiger partial charge in [-0.3, -0.25) is 0 Å². The van der Waals surface area contributed by atoms with Crippen LogP contribution in [0.25, 0.3) is 0 Å². The van der Waals surface area contributed by atoms with E-state index in [2.05, 4.69) is 27.7 Å². The van der Waals surface area contributed by atoms with Crippen molar-refractivity contribution in [3.05, 3.63) is 0 Å². The average molecular weight is 669 g/mol. The Balaban J connectivity index is -0.000000101. The van der Waals surface area contributed by atoms with Gasteiger partial charge in [-0.25, -0.2) is 0 Å². The van der Waals surface area contributed by atoms with Gasteiger partial charge in [-0.15, -0.1) is 0 Å². The molecule has 0 saturated carbocycles. The van der Waals surface area contributed by atoms with E-state index in [4.69, 9.17) is 0 Å². The van der Waals surface area contributed by atoms with Gasteiger partial charge in [-0.1, -0.05) is 107 Å². The molecule has 0 amide bonds. The molecule has 0 aliphatic rings. The van der Waals surface area contributed by atoms with Crippen LogP contribution in [0, 0.1) is 23.7 Å². The summed E-state index contributed by atoms with van der Waals surface area (Å²) in [6, 6.07) is 0. The molecule has 0 rings (SSSR count). The summed E-state index contributed by atoms with van der Waals surface area (Å²) in [7, 11) is 0. The van der Waals surface area contributed by atoms with Crippen LogP contribution in [0.5, 0.6) is 0 Å². The molecule has 0 fully saturated rings. The van der Waals surface area contributed by atoms with Crippen molar-refractivity contribution >= 4 is 23.9 Å². The quantitative estimate of drug-likeness (QED) is 0.177. The van der Waals surface area contributed by atoms with Crippen molar-refractivity contribution in [2.24, 2.45) is 23.7 Å². The number of carbonyl (C=O) groups is 4. The molecule has 4 atom stereocenters. The van der Waals surface area contributed by atoms with E-state index in [0.29, 0.717) is 25.7 Å². The molecule has 0 aliphatic heterocycles. The molecule has 0 heterocycles. The van der Waals surface area contributed by atoms with E-state index < -0.39 is 23.9 Å². The molecule has 10 heteroatoms. The summed E-state index contributed by atoms with van der Waals surface area (Å²) in [5.74, 6) is -4.46. The third-order valence-electron chi connectivity index (χ3n) is 6.93. The van der Waals surface area contributed by atoms with Crippen LogP contribution in [0.2, 0.25) is 0 Å². The molecule has 0 radical (unpaired) electrons. The third-order valence-corrected chi connectivity index (χ3v) is 6.93. The molecule has 0 saturated heterocycles. The molecule has 0 aliphatic carbocycles. The zero-order chi connectivity index (χ0) is 31.9. The second-order valence-electron chi connectivity index (χ2n) is 10.3. The minimum atomic E-state index is -0.893. The monoisotopic (exact) mass is 668 g/mol. The number of hydrogen-bond acceptors (Lipinski definition) is 8. The molecule has 0 aromatic rings. The fraction of sp³-hybridized carbons (Fsp3) is 0.875. The number of rotatable bonds is 20. The van der Waals surface area contributed by atoms with Crippen molar-refractivity contribution in [2.75, 3.05) is 0 Å². The van der Waals surface area contributed by atoms with Gasteiger partial charge in [0.15, 0.2) is 0 Å². The van der Waals surface area contributed by atoms with Gasteiger partial charge in [0.2, 0.25) is 0 Å². The molecule has 8 nitrogen and oxygen atoms in total. The Kier molecular flexibility index (Phi) is 51.7. The number of unbranched alkanes of at least 4 members (excludes halogenated alkanes) is 4. The molecule has 0 spiro atoms. The molecule has 0 N–H and O–H groups in total. The van der Waals surface area contributed by atoms with E-state index in [1.165, 1.54) is 0 Å². The SMILES string of the molecule is CCCCC(CC)C(=O)[O-].CCCCC(CC)C(=O)[O-].CCCCC(CC)C(=O)[O-].CCCCC(CC)C(=O)[O-].[Ti+2].[Ti+2]. The summed E-state index contributed by atoms with van der Waals surface area (Å²) in [4.78, 5) is 41.3. The van der Waals surface area contributed by atoms with Crippen LogP contribution >= 0.6 is 0 Å². The number of carboxylic acids is 4. The van der Waals surface area contributed by atoms with E-state index >= 15 is 0 Å². The second kappa shape index (κ2) is 40.3. The first-order chi connectivity index (χ1) is 18.9. The predicted molar refractivity (Wildman–Crippen MR) is 153 cm³/mol. The van der Waals surface area contributed by atoms with Gasteiger partial charge in [-0.2, -0.15) is 0 Å². The maximum Gasteiger partial charge on any atom is 2.00 e. The summed E-state index contributed by atoms with van der Waals surface area (Å²) < 4.78 is 0. The van der Waals surface area contributed by atoms with Gasteiger partial charge in [0, 0.05) is 23.9 Å². The van der Waals surface area contributed by atoms with Crippen molar-refractivity contribution in [2.45, 2.75) is 158 Å². The first-order valence-electron chi connectivity index (χ1n) is 15.7. The van der Waals surface area contributed by atoms with Crippen LogP contribution in [0.15, 0.2) is 0 Å². The molecular weight excluding hydrogens is 608 g/mol. The summed E-state index contributed by atoms with van der Waals surface area (Å²) in [5, 5.41) is 41.3. The summed E-state index contributed by atoms with van der Waals surface area (Å²) in [6.07, 6.45) is 14.1. The van der Waals surface area contributed by atoms with Crippen LogP contribution in [0.1, 0.15) is 158 Å². The van der Waals surface area contributed by atoms with Gasteiger partial charge in [-0.05, 0) is 75.0 Å².